The first-order valence-electron chi connectivity index (χ1n) is 4.51. The van der Waals surface area contributed by atoms with Crippen LogP contribution in [0.3, 0.4) is 0 Å². The lowest BCUT2D eigenvalue weighted by atomic mass is 10.1. The fraction of sp³-hybridized carbons (Fsp3) is 0.250. The zero-order valence-electron chi connectivity index (χ0n) is 8.58. The first kappa shape index (κ1) is 14.4. The molecule has 0 heterocycles. The van der Waals surface area contributed by atoms with Gasteiger partial charge in [-0.3, -0.25) is 4.57 Å². The molecule has 9 heteroatoms. The zero-order chi connectivity index (χ0) is 13.1. The minimum atomic E-state index is -4.66. The summed E-state index contributed by atoms with van der Waals surface area (Å²) in [4.78, 5) is 17.6. The quantitative estimate of drug-likeness (QED) is 0.588. The number of rotatable bonds is 5. The van der Waals surface area contributed by atoms with E-state index >= 15 is 0 Å². The highest BCUT2D eigenvalue weighted by molar-refractivity contribution is 7.60. The standard InChI is InChI=1S/C8H11NO6P2/c9-7(6-4-2-1-3-5-6)8(10)17(13,14)15-16(11)12/h1-5,7-8,10H,9H2,(H-,11,12,13,14)/p+1. The number of aliphatic hydroxyl groups excluding tert-OH is 1. The van der Waals surface area contributed by atoms with Crippen molar-refractivity contribution in [3.05, 3.63) is 35.9 Å². The van der Waals surface area contributed by atoms with Crippen LogP contribution in [0.4, 0.5) is 0 Å². The van der Waals surface area contributed by atoms with Crippen LogP contribution in [0.2, 0.25) is 0 Å². The highest BCUT2D eigenvalue weighted by atomic mass is 31.2. The number of nitrogens with two attached hydrogens (primary N) is 1. The second-order valence-corrected chi connectivity index (χ2v) is 6.02. The predicted molar refractivity (Wildman–Crippen MR) is 60.1 cm³/mol. The van der Waals surface area contributed by atoms with E-state index in [4.69, 9.17) is 10.6 Å². The van der Waals surface area contributed by atoms with Crippen molar-refractivity contribution in [2.45, 2.75) is 11.9 Å². The summed E-state index contributed by atoms with van der Waals surface area (Å²) in [6, 6.07) is 6.89. The van der Waals surface area contributed by atoms with E-state index in [1.807, 2.05) is 0 Å². The van der Waals surface area contributed by atoms with Gasteiger partial charge in [-0.1, -0.05) is 30.3 Å². The summed E-state index contributed by atoms with van der Waals surface area (Å²) in [5.74, 6) is -1.98. The summed E-state index contributed by atoms with van der Waals surface area (Å²) >= 11 is 0. The Kier molecular flexibility index (Phi) is 4.91. The van der Waals surface area contributed by atoms with Crippen LogP contribution in [0.5, 0.6) is 0 Å². The van der Waals surface area contributed by atoms with Gasteiger partial charge in [-0.25, -0.2) is 0 Å². The topological polar surface area (TPSA) is 130 Å². The number of hydrogen-bond donors (Lipinski definition) is 4. The van der Waals surface area contributed by atoms with E-state index in [9.17, 15) is 19.1 Å². The molecule has 1 aromatic carbocycles. The third kappa shape index (κ3) is 3.94. The van der Waals surface area contributed by atoms with E-state index in [1.165, 1.54) is 0 Å². The van der Waals surface area contributed by atoms with Crippen molar-refractivity contribution in [2.75, 3.05) is 0 Å². The molecule has 5 N–H and O–H groups in total. The van der Waals surface area contributed by atoms with Gasteiger partial charge in [0.25, 0.3) is 0 Å². The average Bonchev–Trinajstić information content (AvgIpc) is 2.26. The molecule has 0 aliphatic rings. The summed E-state index contributed by atoms with van der Waals surface area (Å²) in [6.07, 6.45) is 0. The molecule has 0 spiro atoms. The third-order valence-electron chi connectivity index (χ3n) is 2.03. The molecule has 0 saturated heterocycles. The predicted octanol–water partition coefficient (Wildman–Crippen LogP) is 0.856. The molecule has 0 aromatic heterocycles. The molecule has 0 saturated carbocycles. The van der Waals surface area contributed by atoms with Gasteiger partial charge in [-0.15, -0.1) is 4.89 Å². The van der Waals surface area contributed by atoms with Crippen LogP contribution in [0.25, 0.3) is 0 Å². The van der Waals surface area contributed by atoms with Crippen molar-refractivity contribution in [3.63, 3.8) is 0 Å². The molecule has 1 rings (SSSR count). The Morgan fingerprint density at radius 2 is 1.88 bits per heavy atom. The van der Waals surface area contributed by atoms with E-state index in [0.717, 1.165) is 0 Å². The molecule has 0 bridgehead atoms. The average molecular weight is 280 g/mol. The Labute approximate surface area is 98.3 Å². The fourth-order valence-electron chi connectivity index (χ4n) is 1.20. The van der Waals surface area contributed by atoms with Gasteiger partial charge in [0.1, 0.15) is 0 Å². The van der Waals surface area contributed by atoms with Crippen LogP contribution in [0, 0.1) is 0 Å². The van der Waals surface area contributed by atoms with Gasteiger partial charge in [0.15, 0.2) is 5.85 Å². The molecule has 94 valence electrons. The smallest absolute Gasteiger partial charge is 0.379 e. The van der Waals surface area contributed by atoms with Gasteiger partial charge in [0.05, 0.1) is 6.04 Å². The molecular formula is C8H12NO6P2+. The Morgan fingerprint density at radius 3 is 2.35 bits per heavy atom. The van der Waals surface area contributed by atoms with Crippen molar-refractivity contribution in [2.24, 2.45) is 5.73 Å². The Bertz CT molecular complexity index is 439. The summed E-state index contributed by atoms with van der Waals surface area (Å²) in [6.45, 7) is 0. The Morgan fingerprint density at radius 1 is 1.35 bits per heavy atom. The lowest BCUT2D eigenvalue weighted by Gasteiger charge is -2.19. The molecular weight excluding hydrogens is 268 g/mol. The van der Waals surface area contributed by atoms with Crippen LogP contribution in [-0.4, -0.2) is 20.7 Å². The van der Waals surface area contributed by atoms with E-state index in [1.54, 1.807) is 30.3 Å². The van der Waals surface area contributed by atoms with Crippen LogP contribution >= 0.6 is 15.9 Å². The van der Waals surface area contributed by atoms with E-state index in [0.29, 0.717) is 5.56 Å². The maximum absolute atomic E-state index is 11.4. The first-order valence-corrected chi connectivity index (χ1v) is 7.29. The van der Waals surface area contributed by atoms with Crippen LogP contribution in [0.1, 0.15) is 11.6 Å². The van der Waals surface area contributed by atoms with Crippen molar-refractivity contribution < 1.29 is 28.3 Å². The maximum atomic E-state index is 11.4. The highest BCUT2D eigenvalue weighted by Crippen LogP contribution is 2.55. The minimum absolute atomic E-state index is 0.408. The van der Waals surface area contributed by atoms with Crippen molar-refractivity contribution in [1.82, 2.24) is 0 Å². The lowest BCUT2D eigenvalue weighted by Crippen LogP contribution is -2.26. The van der Waals surface area contributed by atoms with Crippen molar-refractivity contribution in [1.29, 1.82) is 0 Å². The second kappa shape index (κ2) is 5.80. The second-order valence-electron chi connectivity index (χ2n) is 3.23. The molecule has 1 aromatic rings. The molecule has 0 aliphatic heterocycles. The maximum Gasteiger partial charge on any atom is 0.703 e. The molecule has 7 nitrogen and oxygen atoms in total. The SMILES string of the molecule is NC(c1ccccc1)C(O)P(=O)(O)O[P+](=O)O. The fourth-order valence-corrected chi connectivity index (χ4v) is 2.96. The van der Waals surface area contributed by atoms with E-state index < -0.39 is 27.7 Å². The summed E-state index contributed by atoms with van der Waals surface area (Å²) < 4.78 is 25.6. The Balaban J connectivity index is 2.86. The molecule has 0 aliphatic carbocycles. The van der Waals surface area contributed by atoms with Gasteiger partial charge >= 0.3 is 15.9 Å². The van der Waals surface area contributed by atoms with Crippen molar-refractivity contribution >= 4 is 15.9 Å². The molecule has 4 atom stereocenters. The van der Waals surface area contributed by atoms with Gasteiger partial charge in [0, 0.05) is 4.57 Å². The minimum Gasteiger partial charge on any atom is -0.379 e. The molecule has 0 radical (unpaired) electrons. The van der Waals surface area contributed by atoms with E-state index in [-0.39, 0.29) is 0 Å². The van der Waals surface area contributed by atoms with Gasteiger partial charge in [0.2, 0.25) is 0 Å². The zero-order valence-corrected chi connectivity index (χ0v) is 10.4. The molecule has 0 amide bonds. The van der Waals surface area contributed by atoms with Crippen LogP contribution in [0.15, 0.2) is 30.3 Å². The third-order valence-corrected chi connectivity index (χ3v) is 4.51. The monoisotopic (exact) mass is 280 g/mol. The number of aliphatic hydroxyl groups is 1. The van der Waals surface area contributed by atoms with Crippen molar-refractivity contribution in [3.8, 4) is 0 Å². The normalized spacial score (nSPS) is 19.2. The molecule has 0 fully saturated rings. The van der Waals surface area contributed by atoms with Crippen LogP contribution < -0.4 is 5.73 Å². The molecule has 17 heavy (non-hydrogen) atoms. The van der Waals surface area contributed by atoms with Gasteiger partial charge in [-0.2, -0.15) is 0 Å². The summed E-state index contributed by atoms with van der Waals surface area (Å²) in [7, 11) is -7.96. The largest absolute Gasteiger partial charge is 0.703 e. The summed E-state index contributed by atoms with van der Waals surface area (Å²) in [5.41, 5.74) is 5.97. The number of benzene rings is 1. The highest BCUT2D eigenvalue weighted by Gasteiger charge is 2.43. The van der Waals surface area contributed by atoms with E-state index in [2.05, 4.69) is 4.31 Å². The first-order chi connectivity index (χ1) is 7.84. The Hall–Kier alpha value is -0.650. The lowest BCUT2D eigenvalue weighted by molar-refractivity contribution is 0.179. The van der Waals surface area contributed by atoms with Crippen LogP contribution in [-0.2, 0) is 13.4 Å². The summed E-state index contributed by atoms with van der Waals surface area (Å²) in [5, 5.41) is 9.55. The molecule has 4 unspecified atom stereocenters. The van der Waals surface area contributed by atoms with Gasteiger partial charge < -0.3 is 15.7 Å². The van der Waals surface area contributed by atoms with Gasteiger partial charge in [-0.05, 0) is 9.87 Å². The number of hydrogen-bond acceptors (Lipinski definition) is 5.